The third kappa shape index (κ3) is 2.33. The van der Waals surface area contributed by atoms with Crippen LogP contribution in [-0.4, -0.2) is 23.8 Å². The zero-order valence-corrected chi connectivity index (χ0v) is 22.2. The van der Waals surface area contributed by atoms with Gasteiger partial charge in [0.15, 0.2) is 0 Å². The minimum Gasteiger partial charge on any atom is -0.373 e. The van der Waals surface area contributed by atoms with Crippen molar-refractivity contribution >= 4 is 11.6 Å². The Kier molecular flexibility index (Phi) is 4.25. The molecule has 1 saturated heterocycles. The molecule has 3 heteroatoms. The number of Topliss-reactive ketones (excluding diaryl/α,β-unsaturated/α-hetero) is 2. The van der Waals surface area contributed by atoms with Crippen LogP contribution in [0.15, 0.2) is 0 Å². The van der Waals surface area contributed by atoms with E-state index in [1.807, 2.05) is 0 Å². The van der Waals surface area contributed by atoms with E-state index in [2.05, 4.69) is 48.5 Å². The second-order valence-corrected chi connectivity index (χ2v) is 15.4. The molecule has 6 aliphatic rings. The predicted molar refractivity (Wildman–Crippen MR) is 130 cm³/mol. The first kappa shape index (κ1) is 22.7. The van der Waals surface area contributed by atoms with Crippen LogP contribution in [0.5, 0.6) is 0 Å². The van der Waals surface area contributed by atoms with Crippen molar-refractivity contribution in [2.75, 3.05) is 6.61 Å². The number of hydrogen-bond acceptors (Lipinski definition) is 3. The van der Waals surface area contributed by atoms with Gasteiger partial charge in [-0.2, -0.15) is 0 Å². The molecule has 184 valence electrons. The van der Waals surface area contributed by atoms with E-state index in [4.69, 9.17) is 4.74 Å². The zero-order chi connectivity index (χ0) is 23.9. The van der Waals surface area contributed by atoms with Gasteiger partial charge in [-0.15, -0.1) is 0 Å². The molecule has 0 amide bonds. The van der Waals surface area contributed by atoms with Gasteiger partial charge in [0.05, 0.1) is 17.6 Å². The van der Waals surface area contributed by atoms with Crippen molar-refractivity contribution in [2.24, 2.45) is 50.2 Å². The van der Waals surface area contributed by atoms with Crippen molar-refractivity contribution in [3.63, 3.8) is 0 Å². The minimum absolute atomic E-state index is 0.0840. The molecule has 0 aromatic heterocycles. The average Bonchev–Trinajstić information content (AvgIpc) is 2.99. The maximum absolute atomic E-state index is 14.1. The molecule has 1 heterocycles. The van der Waals surface area contributed by atoms with Crippen molar-refractivity contribution in [1.29, 1.82) is 0 Å². The molecule has 2 bridgehead atoms. The van der Waals surface area contributed by atoms with Gasteiger partial charge in [-0.3, -0.25) is 9.59 Å². The van der Waals surface area contributed by atoms with Crippen LogP contribution in [-0.2, 0) is 14.3 Å². The van der Waals surface area contributed by atoms with E-state index in [0.717, 1.165) is 51.4 Å². The molecule has 0 aromatic rings. The van der Waals surface area contributed by atoms with Crippen molar-refractivity contribution < 1.29 is 14.3 Å². The maximum Gasteiger partial charge on any atom is 0.142 e. The summed E-state index contributed by atoms with van der Waals surface area (Å²) >= 11 is 0. The molecule has 5 saturated carbocycles. The first-order valence-corrected chi connectivity index (χ1v) is 13.9. The van der Waals surface area contributed by atoms with Crippen molar-refractivity contribution in [1.82, 2.24) is 0 Å². The van der Waals surface area contributed by atoms with Gasteiger partial charge in [0.25, 0.3) is 0 Å². The van der Waals surface area contributed by atoms with Crippen LogP contribution in [0.2, 0.25) is 0 Å². The van der Waals surface area contributed by atoms with Gasteiger partial charge in [0, 0.05) is 29.6 Å². The summed E-state index contributed by atoms with van der Waals surface area (Å²) in [7, 11) is 0. The van der Waals surface area contributed by atoms with Gasteiger partial charge in [-0.25, -0.2) is 0 Å². The van der Waals surface area contributed by atoms with Crippen LogP contribution in [0.4, 0.5) is 0 Å². The summed E-state index contributed by atoms with van der Waals surface area (Å²) in [5, 5.41) is 0. The quantitative estimate of drug-likeness (QED) is 0.406. The van der Waals surface area contributed by atoms with Crippen LogP contribution in [0.1, 0.15) is 113 Å². The number of carbonyl (C=O) groups excluding carboxylic acids is 2. The molecule has 3 nitrogen and oxygen atoms in total. The summed E-state index contributed by atoms with van der Waals surface area (Å²) in [6.07, 6.45) is 10.3. The fraction of sp³-hybridized carbons (Fsp3) is 0.933. The van der Waals surface area contributed by atoms with Crippen LogP contribution >= 0.6 is 0 Å². The Hall–Kier alpha value is -0.700. The standard InChI is InChI=1S/C30H46O3/c1-24(2)14-15-29-18-33-30(21(29)16-24)13-9-20-26(5)11-10-22(31)25(3,4)19(26)8-12-27(20,6)28(30,7)17-23(29)32/h19-21H,8-18H2,1-7H3/t19?,20?,21?,26-,27+,28-,29+,30-/m0/s1. The predicted octanol–water partition coefficient (Wildman–Crippen LogP) is 6.77. The van der Waals surface area contributed by atoms with E-state index in [9.17, 15) is 9.59 Å². The number of hydrogen-bond donors (Lipinski definition) is 0. The largest absolute Gasteiger partial charge is 0.373 e. The Balaban J connectivity index is 1.47. The number of rotatable bonds is 0. The van der Waals surface area contributed by atoms with Gasteiger partial charge in [-0.05, 0) is 79.4 Å². The molecular weight excluding hydrogens is 408 g/mol. The Bertz CT molecular complexity index is 933. The lowest BCUT2D eigenvalue weighted by molar-refractivity contribution is -0.274. The fourth-order valence-corrected chi connectivity index (χ4v) is 11.6. The molecule has 1 spiro atoms. The summed E-state index contributed by atoms with van der Waals surface area (Å²) in [5.74, 6) is 2.39. The highest BCUT2D eigenvalue weighted by atomic mass is 16.5. The van der Waals surface area contributed by atoms with E-state index in [1.54, 1.807) is 0 Å². The number of fused-ring (bicyclic) bond motifs is 4. The summed E-state index contributed by atoms with van der Waals surface area (Å²) in [6.45, 7) is 17.5. The third-order valence-electron chi connectivity index (χ3n) is 13.7. The van der Waals surface area contributed by atoms with E-state index in [0.29, 0.717) is 47.8 Å². The van der Waals surface area contributed by atoms with Crippen molar-refractivity contribution in [2.45, 2.75) is 118 Å². The third-order valence-corrected chi connectivity index (χ3v) is 13.7. The van der Waals surface area contributed by atoms with Gasteiger partial charge in [0.2, 0.25) is 0 Å². The Morgan fingerprint density at radius 1 is 0.758 bits per heavy atom. The molecule has 0 radical (unpaired) electrons. The topological polar surface area (TPSA) is 43.4 Å². The van der Waals surface area contributed by atoms with E-state index in [-0.39, 0.29) is 32.7 Å². The fourth-order valence-electron chi connectivity index (χ4n) is 11.6. The Morgan fingerprint density at radius 3 is 2.18 bits per heavy atom. The highest BCUT2D eigenvalue weighted by Crippen LogP contribution is 2.79. The lowest BCUT2D eigenvalue weighted by Crippen LogP contribution is -2.73. The second kappa shape index (κ2) is 6.16. The van der Waals surface area contributed by atoms with E-state index < -0.39 is 0 Å². The summed E-state index contributed by atoms with van der Waals surface area (Å²) in [6, 6.07) is 0. The zero-order valence-electron chi connectivity index (χ0n) is 22.2. The Morgan fingerprint density at radius 2 is 1.45 bits per heavy atom. The lowest BCUT2D eigenvalue weighted by atomic mass is 9.30. The molecule has 0 aromatic carbocycles. The number of ether oxygens (including phenoxy) is 1. The summed E-state index contributed by atoms with van der Waals surface area (Å²) in [5.41, 5.74) is -0.136. The molecule has 0 N–H and O–H groups in total. The van der Waals surface area contributed by atoms with Crippen LogP contribution in [0.3, 0.4) is 0 Å². The van der Waals surface area contributed by atoms with E-state index in [1.165, 1.54) is 6.42 Å². The van der Waals surface area contributed by atoms with E-state index >= 15 is 0 Å². The molecule has 8 atom stereocenters. The summed E-state index contributed by atoms with van der Waals surface area (Å²) in [4.78, 5) is 27.0. The highest BCUT2D eigenvalue weighted by Gasteiger charge is 2.80. The second-order valence-electron chi connectivity index (χ2n) is 15.4. The SMILES string of the molecule is CC1(C)CC[C@]23CO[C@@]4(CCC5[C@@]6(C)CCC(=O)C(C)(C)C6CC[C@@]5(C)[C@]4(C)CC2=O)C3C1. The Labute approximate surface area is 201 Å². The monoisotopic (exact) mass is 454 g/mol. The average molecular weight is 455 g/mol. The molecule has 33 heavy (non-hydrogen) atoms. The van der Waals surface area contributed by atoms with Crippen LogP contribution in [0.25, 0.3) is 0 Å². The number of carbonyl (C=O) groups is 2. The minimum atomic E-state index is -0.223. The van der Waals surface area contributed by atoms with Gasteiger partial charge < -0.3 is 4.74 Å². The maximum atomic E-state index is 14.1. The van der Waals surface area contributed by atoms with Gasteiger partial charge in [-0.1, -0.05) is 48.5 Å². The molecule has 1 aliphatic heterocycles. The van der Waals surface area contributed by atoms with Gasteiger partial charge >= 0.3 is 0 Å². The molecule has 3 unspecified atom stereocenters. The lowest BCUT2D eigenvalue weighted by Gasteiger charge is -2.73. The highest BCUT2D eigenvalue weighted by molar-refractivity contribution is 5.89. The number of ketones is 2. The first-order valence-electron chi connectivity index (χ1n) is 13.9. The van der Waals surface area contributed by atoms with Crippen LogP contribution in [0, 0.1) is 50.2 Å². The summed E-state index contributed by atoms with van der Waals surface area (Å²) < 4.78 is 7.04. The normalized spacial score (nSPS) is 56.4. The molecular formula is C30H46O3. The van der Waals surface area contributed by atoms with Gasteiger partial charge in [0.1, 0.15) is 11.6 Å². The smallest absolute Gasteiger partial charge is 0.142 e. The van der Waals surface area contributed by atoms with Crippen molar-refractivity contribution in [3.8, 4) is 0 Å². The first-order chi connectivity index (χ1) is 15.2. The van der Waals surface area contributed by atoms with Crippen LogP contribution < -0.4 is 0 Å². The van der Waals surface area contributed by atoms with Crippen molar-refractivity contribution in [3.05, 3.63) is 0 Å². The molecule has 6 rings (SSSR count). The molecule has 5 aliphatic carbocycles. The molecule has 6 fully saturated rings.